The van der Waals surface area contributed by atoms with Gasteiger partial charge in [-0.1, -0.05) is 0 Å². The number of aryl methyl sites for hydroxylation is 1. The van der Waals surface area contributed by atoms with Crippen molar-refractivity contribution in [2.75, 3.05) is 5.73 Å². The monoisotopic (exact) mass is 328 g/mol. The van der Waals surface area contributed by atoms with Crippen molar-refractivity contribution in [1.82, 2.24) is 4.72 Å². The number of sulfonamides is 1. The molecule has 21 heavy (non-hydrogen) atoms. The topological polar surface area (TPSA) is 72.2 Å². The molecule has 4 nitrogen and oxygen atoms in total. The standard InChI is InChI=1S/C14H17FN2O2S2/c1-9(7-11-4-3-10(2)20-11)17-21(18,19)12-5-6-13(15)14(16)8-12/h3-6,8-9,17H,7,16H2,1-2H3. The molecule has 0 saturated carbocycles. The van der Waals surface area contributed by atoms with Crippen LogP contribution in [0.25, 0.3) is 0 Å². The Kier molecular flexibility index (Phi) is 4.65. The van der Waals surface area contributed by atoms with Gasteiger partial charge in [-0.25, -0.2) is 17.5 Å². The number of rotatable bonds is 5. The summed E-state index contributed by atoms with van der Waals surface area (Å²) in [6.45, 7) is 3.80. The number of benzene rings is 1. The molecule has 0 radical (unpaired) electrons. The van der Waals surface area contributed by atoms with E-state index >= 15 is 0 Å². The third-order valence-corrected chi connectivity index (χ3v) is 5.55. The Labute approximate surface area is 127 Å². The summed E-state index contributed by atoms with van der Waals surface area (Å²) in [5.41, 5.74) is 5.23. The molecule has 0 bridgehead atoms. The van der Waals surface area contributed by atoms with Crippen molar-refractivity contribution in [1.29, 1.82) is 0 Å². The average molecular weight is 328 g/mol. The van der Waals surface area contributed by atoms with Crippen LogP contribution in [-0.4, -0.2) is 14.5 Å². The van der Waals surface area contributed by atoms with Crippen molar-refractivity contribution in [3.8, 4) is 0 Å². The first kappa shape index (κ1) is 15.9. The highest BCUT2D eigenvalue weighted by atomic mass is 32.2. The quantitative estimate of drug-likeness (QED) is 0.829. The molecule has 1 unspecified atom stereocenters. The molecule has 0 aliphatic rings. The first-order chi connectivity index (χ1) is 9.78. The van der Waals surface area contributed by atoms with Crippen molar-refractivity contribution < 1.29 is 12.8 Å². The number of hydrogen-bond acceptors (Lipinski definition) is 4. The summed E-state index contributed by atoms with van der Waals surface area (Å²) < 4.78 is 40.1. The summed E-state index contributed by atoms with van der Waals surface area (Å²) in [5, 5.41) is 0. The number of hydrogen-bond donors (Lipinski definition) is 2. The van der Waals surface area contributed by atoms with Crippen LogP contribution >= 0.6 is 11.3 Å². The number of anilines is 1. The van der Waals surface area contributed by atoms with Crippen LogP contribution < -0.4 is 10.5 Å². The maximum atomic E-state index is 13.1. The molecule has 1 aromatic carbocycles. The predicted octanol–water partition coefficient (Wildman–Crippen LogP) is 2.69. The zero-order valence-electron chi connectivity index (χ0n) is 11.8. The molecule has 0 spiro atoms. The van der Waals surface area contributed by atoms with Gasteiger partial charge in [0, 0.05) is 15.8 Å². The van der Waals surface area contributed by atoms with Crippen LogP contribution in [0.3, 0.4) is 0 Å². The van der Waals surface area contributed by atoms with Gasteiger partial charge in [0.1, 0.15) is 5.82 Å². The van der Waals surface area contributed by atoms with E-state index in [1.54, 1.807) is 18.3 Å². The zero-order chi connectivity index (χ0) is 15.6. The van der Waals surface area contributed by atoms with E-state index in [9.17, 15) is 12.8 Å². The van der Waals surface area contributed by atoms with Crippen molar-refractivity contribution in [3.63, 3.8) is 0 Å². The van der Waals surface area contributed by atoms with Gasteiger partial charge in [0.15, 0.2) is 0 Å². The molecule has 0 aliphatic heterocycles. The van der Waals surface area contributed by atoms with E-state index in [1.165, 1.54) is 10.9 Å². The number of nitrogen functional groups attached to an aromatic ring is 1. The molecule has 1 atom stereocenters. The van der Waals surface area contributed by atoms with E-state index in [4.69, 9.17) is 5.73 Å². The van der Waals surface area contributed by atoms with Gasteiger partial charge >= 0.3 is 0 Å². The van der Waals surface area contributed by atoms with Gasteiger partial charge in [-0.3, -0.25) is 0 Å². The Bertz CT molecular complexity index is 741. The Balaban J connectivity index is 2.11. The van der Waals surface area contributed by atoms with Crippen LogP contribution in [0.5, 0.6) is 0 Å². The molecule has 1 heterocycles. The van der Waals surface area contributed by atoms with Gasteiger partial charge in [-0.05, 0) is 50.6 Å². The van der Waals surface area contributed by atoms with Crippen LogP contribution in [-0.2, 0) is 16.4 Å². The molecule has 0 amide bonds. The maximum absolute atomic E-state index is 13.1. The molecular formula is C14H17FN2O2S2. The van der Waals surface area contributed by atoms with Gasteiger partial charge in [-0.2, -0.15) is 0 Å². The van der Waals surface area contributed by atoms with Crippen molar-refractivity contribution >= 4 is 27.0 Å². The van der Waals surface area contributed by atoms with E-state index in [1.807, 2.05) is 19.1 Å². The Morgan fingerprint density at radius 2 is 2.05 bits per heavy atom. The normalized spacial score (nSPS) is 13.3. The largest absolute Gasteiger partial charge is 0.396 e. The Hall–Kier alpha value is -1.44. The highest BCUT2D eigenvalue weighted by Crippen LogP contribution is 2.19. The number of thiophene rings is 1. The molecule has 7 heteroatoms. The van der Waals surface area contributed by atoms with Crippen molar-refractivity contribution in [2.24, 2.45) is 0 Å². The van der Waals surface area contributed by atoms with Gasteiger partial charge in [0.2, 0.25) is 10.0 Å². The van der Waals surface area contributed by atoms with Crippen molar-refractivity contribution in [3.05, 3.63) is 45.9 Å². The van der Waals surface area contributed by atoms with Gasteiger partial charge in [0.25, 0.3) is 0 Å². The highest BCUT2D eigenvalue weighted by molar-refractivity contribution is 7.89. The van der Waals surface area contributed by atoms with Crippen LogP contribution in [0.2, 0.25) is 0 Å². The highest BCUT2D eigenvalue weighted by Gasteiger charge is 2.19. The number of nitrogens with two attached hydrogens (primary N) is 1. The first-order valence-corrected chi connectivity index (χ1v) is 8.70. The molecule has 2 rings (SSSR count). The summed E-state index contributed by atoms with van der Waals surface area (Å²) >= 11 is 1.64. The molecular weight excluding hydrogens is 311 g/mol. The van der Waals surface area contributed by atoms with E-state index in [0.717, 1.165) is 17.0 Å². The maximum Gasteiger partial charge on any atom is 0.240 e. The fraction of sp³-hybridized carbons (Fsp3) is 0.286. The van der Waals surface area contributed by atoms with Gasteiger partial charge in [-0.15, -0.1) is 11.3 Å². The van der Waals surface area contributed by atoms with E-state index in [-0.39, 0.29) is 16.6 Å². The summed E-state index contributed by atoms with van der Waals surface area (Å²) in [5.74, 6) is -0.629. The van der Waals surface area contributed by atoms with Crippen molar-refractivity contribution in [2.45, 2.75) is 31.2 Å². The van der Waals surface area contributed by atoms with Crippen LogP contribution in [0.1, 0.15) is 16.7 Å². The van der Waals surface area contributed by atoms with Gasteiger partial charge in [0.05, 0.1) is 10.6 Å². The van der Waals surface area contributed by atoms with E-state index in [0.29, 0.717) is 6.42 Å². The molecule has 114 valence electrons. The lowest BCUT2D eigenvalue weighted by Crippen LogP contribution is -2.34. The number of halogens is 1. The minimum Gasteiger partial charge on any atom is -0.396 e. The summed E-state index contributed by atoms with van der Waals surface area (Å²) in [6, 6.07) is 7.11. The Morgan fingerprint density at radius 3 is 2.62 bits per heavy atom. The SMILES string of the molecule is Cc1ccc(CC(C)NS(=O)(=O)c2ccc(F)c(N)c2)s1. The minimum absolute atomic E-state index is 0.0318. The third kappa shape index (κ3) is 4.03. The van der Waals surface area contributed by atoms with E-state index in [2.05, 4.69) is 4.72 Å². The lowest BCUT2D eigenvalue weighted by Gasteiger charge is -2.14. The zero-order valence-corrected chi connectivity index (χ0v) is 13.4. The Morgan fingerprint density at radius 1 is 1.33 bits per heavy atom. The summed E-state index contributed by atoms with van der Waals surface area (Å²) in [4.78, 5) is 2.27. The fourth-order valence-electron chi connectivity index (χ4n) is 1.96. The fourth-order valence-corrected chi connectivity index (χ4v) is 4.26. The number of nitrogens with one attached hydrogen (secondary N) is 1. The van der Waals surface area contributed by atoms with E-state index < -0.39 is 15.8 Å². The molecule has 0 aliphatic carbocycles. The second kappa shape index (κ2) is 6.13. The lowest BCUT2D eigenvalue weighted by molar-refractivity contribution is 0.560. The summed E-state index contributed by atoms with van der Waals surface area (Å²) in [7, 11) is -3.70. The van der Waals surface area contributed by atoms with Crippen LogP contribution in [0.4, 0.5) is 10.1 Å². The molecule has 1 aromatic heterocycles. The second-order valence-electron chi connectivity index (χ2n) is 4.92. The first-order valence-electron chi connectivity index (χ1n) is 6.40. The molecule has 3 N–H and O–H groups in total. The van der Waals surface area contributed by atoms with Gasteiger partial charge < -0.3 is 5.73 Å². The predicted molar refractivity (Wildman–Crippen MR) is 83.4 cm³/mol. The average Bonchev–Trinajstić information content (AvgIpc) is 2.77. The third-order valence-electron chi connectivity index (χ3n) is 2.94. The molecule has 0 saturated heterocycles. The van der Waals surface area contributed by atoms with Crippen LogP contribution in [0.15, 0.2) is 35.2 Å². The minimum atomic E-state index is -3.70. The molecule has 2 aromatic rings. The second-order valence-corrected chi connectivity index (χ2v) is 8.01. The molecule has 0 fully saturated rings. The smallest absolute Gasteiger partial charge is 0.240 e. The lowest BCUT2D eigenvalue weighted by atomic mass is 10.2. The summed E-state index contributed by atoms with van der Waals surface area (Å²) in [6.07, 6.45) is 0.606. The van der Waals surface area contributed by atoms with Crippen LogP contribution in [0, 0.1) is 12.7 Å².